The summed E-state index contributed by atoms with van der Waals surface area (Å²) in [6, 6.07) is 9.95. The van der Waals surface area contributed by atoms with Crippen molar-refractivity contribution in [3.05, 3.63) is 58.1 Å². The van der Waals surface area contributed by atoms with E-state index in [0.29, 0.717) is 5.69 Å². The van der Waals surface area contributed by atoms with Crippen molar-refractivity contribution in [3.63, 3.8) is 0 Å². The molecule has 2 rings (SSSR count). The van der Waals surface area contributed by atoms with Gasteiger partial charge in [-0.1, -0.05) is 22.0 Å². The molecule has 0 aliphatic heterocycles. The number of esters is 1. The second kappa shape index (κ2) is 8.87. The van der Waals surface area contributed by atoms with E-state index in [0.717, 1.165) is 16.1 Å². The lowest BCUT2D eigenvalue weighted by Crippen LogP contribution is -2.30. The Bertz CT molecular complexity index is 916. The first kappa shape index (κ1) is 21.4. The third-order valence-electron chi connectivity index (χ3n) is 3.41. The molecule has 0 unspecified atom stereocenters. The molecule has 148 valence electrons. The highest BCUT2D eigenvalue weighted by atomic mass is 79.9. The molecule has 0 saturated carbocycles. The number of rotatable bonds is 5. The van der Waals surface area contributed by atoms with E-state index in [2.05, 4.69) is 21.2 Å². The van der Waals surface area contributed by atoms with Gasteiger partial charge in [-0.15, -0.1) is 0 Å². The van der Waals surface area contributed by atoms with Gasteiger partial charge in [0.25, 0.3) is 5.91 Å². The molecule has 0 radical (unpaired) electrons. The Morgan fingerprint density at radius 2 is 1.79 bits per heavy atom. The van der Waals surface area contributed by atoms with Crippen LogP contribution in [0.1, 0.15) is 15.9 Å². The molecule has 6 nitrogen and oxygen atoms in total. The minimum atomic E-state index is -5.06. The van der Waals surface area contributed by atoms with E-state index in [1.54, 1.807) is 30.4 Å². The van der Waals surface area contributed by atoms with Crippen LogP contribution >= 0.6 is 15.9 Å². The molecule has 0 heterocycles. The van der Waals surface area contributed by atoms with Crippen molar-refractivity contribution in [1.82, 2.24) is 0 Å². The smallest absolute Gasteiger partial charge is 0.452 e. The molecule has 2 aromatic carbocycles. The van der Waals surface area contributed by atoms with E-state index in [1.807, 2.05) is 0 Å². The Balaban J connectivity index is 1.94. The molecule has 28 heavy (non-hydrogen) atoms. The van der Waals surface area contributed by atoms with E-state index in [-0.39, 0.29) is 11.3 Å². The zero-order valence-electron chi connectivity index (χ0n) is 14.4. The van der Waals surface area contributed by atoms with Crippen molar-refractivity contribution in [1.29, 1.82) is 0 Å². The van der Waals surface area contributed by atoms with Crippen molar-refractivity contribution in [3.8, 4) is 0 Å². The summed E-state index contributed by atoms with van der Waals surface area (Å²) in [5.74, 6) is -3.67. The standard InChI is InChI=1S/C18H14BrF3N2O4/c1-10-7-12(19)5-6-14(10)24-15(25)9-28-16(26)11-3-2-4-13(8-11)23-17(27)18(20,21)22/h2-8H,9H2,1H3,(H,23,27)(H,24,25). The third-order valence-corrected chi connectivity index (χ3v) is 3.90. The van der Waals surface area contributed by atoms with Crippen LogP contribution in [0.25, 0.3) is 0 Å². The molecule has 2 N–H and O–H groups in total. The number of alkyl halides is 3. The molecule has 0 atom stereocenters. The van der Waals surface area contributed by atoms with Gasteiger partial charge in [-0.3, -0.25) is 9.59 Å². The molecule has 0 bridgehead atoms. The summed E-state index contributed by atoms with van der Waals surface area (Å²) in [5, 5.41) is 4.21. The molecule has 2 amide bonds. The Morgan fingerprint density at radius 3 is 2.43 bits per heavy atom. The van der Waals surface area contributed by atoms with Crippen molar-refractivity contribution in [2.45, 2.75) is 13.1 Å². The van der Waals surface area contributed by atoms with Crippen LogP contribution in [0.4, 0.5) is 24.5 Å². The number of amides is 2. The quantitative estimate of drug-likeness (QED) is 0.661. The molecule has 0 aromatic heterocycles. The second-order valence-corrected chi connectivity index (χ2v) is 6.53. The summed E-state index contributed by atoms with van der Waals surface area (Å²) in [5.41, 5.74) is 0.988. The topological polar surface area (TPSA) is 84.5 Å². The van der Waals surface area contributed by atoms with E-state index in [9.17, 15) is 27.6 Å². The number of hydrogen-bond acceptors (Lipinski definition) is 4. The van der Waals surface area contributed by atoms with Gasteiger partial charge in [0.2, 0.25) is 0 Å². The lowest BCUT2D eigenvalue weighted by molar-refractivity contribution is -0.167. The van der Waals surface area contributed by atoms with Crippen LogP contribution in [0.2, 0.25) is 0 Å². The Labute approximate surface area is 166 Å². The monoisotopic (exact) mass is 458 g/mol. The maximum atomic E-state index is 12.3. The van der Waals surface area contributed by atoms with Crippen molar-refractivity contribution in [2.24, 2.45) is 0 Å². The maximum Gasteiger partial charge on any atom is 0.471 e. The largest absolute Gasteiger partial charge is 0.471 e. The molecule has 0 aliphatic carbocycles. The van der Waals surface area contributed by atoms with Crippen LogP contribution in [0.5, 0.6) is 0 Å². The fourth-order valence-corrected chi connectivity index (χ4v) is 2.57. The normalized spacial score (nSPS) is 10.9. The fraction of sp³-hybridized carbons (Fsp3) is 0.167. The Morgan fingerprint density at radius 1 is 1.07 bits per heavy atom. The van der Waals surface area contributed by atoms with Gasteiger partial charge in [-0.2, -0.15) is 13.2 Å². The molecule has 10 heteroatoms. The minimum Gasteiger partial charge on any atom is -0.452 e. The number of benzene rings is 2. The van der Waals surface area contributed by atoms with Gasteiger partial charge in [0, 0.05) is 15.8 Å². The summed E-state index contributed by atoms with van der Waals surface area (Å²) in [7, 11) is 0. The average molecular weight is 459 g/mol. The van der Waals surface area contributed by atoms with Crippen molar-refractivity contribution >= 4 is 45.1 Å². The number of nitrogens with one attached hydrogen (secondary N) is 2. The lowest BCUT2D eigenvalue weighted by atomic mass is 10.2. The SMILES string of the molecule is Cc1cc(Br)ccc1NC(=O)COC(=O)c1cccc(NC(=O)C(F)(F)F)c1. The predicted octanol–water partition coefficient (Wildman–Crippen LogP) is 4.05. The van der Waals surface area contributed by atoms with E-state index in [1.165, 1.54) is 18.2 Å². The van der Waals surface area contributed by atoms with E-state index in [4.69, 9.17) is 4.74 Å². The molecular formula is C18H14BrF3N2O4. The summed E-state index contributed by atoms with van der Waals surface area (Å²) in [4.78, 5) is 34.9. The van der Waals surface area contributed by atoms with Gasteiger partial charge in [0.15, 0.2) is 6.61 Å². The average Bonchev–Trinajstić information content (AvgIpc) is 2.61. The maximum absolute atomic E-state index is 12.3. The number of halogens is 4. The number of aryl methyl sites for hydroxylation is 1. The highest BCUT2D eigenvalue weighted by molar-refractivity contribution is 9.10. The Hall–Kier alpha value is -2.88. The first-order valence-corrected chi connectivity index (χ1v) is 8.57. The van der Waals surface area contributed by atoms with Crippen molar-refractivity contribution in [2.75, 3.05) is 17.2 Å². The lowest BCUT2D eigenvalue weighted by Gasteiger charge is -2.10. The molecule has 0 fully saturated rings. The highest BCUT2D eigenvalue weighted by Crippen LogP contribution is 2.21. The first-order chi connectivity index (χ1) is 13.1. The third kappa shape index (κ3) is 6.08. The Kier molecular flexibility index (Phi) is 6.79. The van der Waals surface area contributed by atoms with Crippen LogP contribution in [0.15, 0.2) is 46.9 Å². The van der Waals surface area contributed by atoms with Gasteiger partial charge >= 0.3 is 18.1 Å². The number of hydrogen-bond donors (Lipinski definition) is 2. The molecule has 2 aromatic rings. The van der Waals surface area contributed by atoms with Gasteiger partial charge in [0.1, 0.15) is 0 Å². The van der Waals surface area contributed by atoms with Gasteiger partial charge in [-0.05, 0) is 48.9 Å². The predicted molar refractivity (Wildman–Crippen MR) is 98.9 cm³/mol. The molecular weight excluding hydrogens is 445 g/mol. The number of anilines is 2. The summed E-state index contributed by atoms with van der Waals surface area (Å²) >= 11 is 3.30. The number of ether oxygens (including phenoxy) is 1. The fourth-order valence-electron chi connectivity index (χ4n) is 2.09. The molecule has 0 aliphatic rings. The van der Waals surface area contributed by atoms with Crippen LogP contribution in [-0.2, 0) is 14.3 Å². The number of carbonyl (C=O) groups is 3. The second-order valence-electron chi connectivity index (χ2n) is 5.62. The zero-order chi connectivity index (χ0) is 20.9. The number of carbonyl (C=O) groups excluding carboxylic acids is 3. The van der Waals surface area contributed by atoms with E-state index < -0.39 is 30.6 Å². The van der Waals surface area contributed by atoms with Gasteiger partial charge in [-0.25, -0.2) is 4.79 Å². The molecule has 0 saturated heterocycles. The summed E-state index contributed by atoms with van der Waals surface area (Å²) in [6.07, 6.45) is -5.06. The van der Waals surface area contributed by atoms with Gasteiger partial charge in [0.05, 0.1) is 5.56 Å². The van der Waals surface area contributed by atoms with Crippen LogP contribution in [0.3, 0.4) is 0 Å². The van der Waals surface area contributed by atoms with E-state index >= 15 is 0 Å². The first-order valence-electron chi connectivity index (χ1n) is 7.77. The van der Waals surface area contributed by atoms with Crippen LogP contribution < -0.4 is 10.6 Å². The van der Waals surface area contributed by atoms with Crippen LogP contribution in [0, 0.1) is 6.92 Å². The summed E-state index contributed by atoms with van der Waals surface area (Å²) in [6.45, 7) is 1.20. The van der Waals surface area contributed by atoms with Crippen molar-refractivity contribution < 1.29 is 32.3 Å². The minimum absolute atomic E-state index is 0.118. The summed E-state index contributed by atoms with van der Waals surface area (Å²) < 4.78 is 42.5. The van der Waals surface area contributed by atoms with Crippen LogP contribution in [-0.4, -0.2) is 30.6 Å². The highest BCUT2D eigenvalue weighted by Gasteiger charge is 2.38. The zero-order valence-corrected chi connectivity index (χ0v) is 16.0. The van der Waals surface area contributed by atoms with Gasteiger partial charge < -0.3 is 15.4 Å². The molecule has 0 spiro atoms.